The molecule has 4 heteroatoms. The van der Waals surface area contributed by atoms with E-state index in [1.807, 2.05) is 13.8 Å². The van der Waals surface area contributed by atoms with Crippen molar-refractivity contribution in [2.45, 2.75) is 47.0 Å². The Morgan fingerprint density at radius 3 is 2.61 bits per heavy atom. The minimum atomic E-state index is -0.394. The molecule has 0 N–H and O–H groups in total. The maximum absolute atomic E-state index is 12.0. The van der Waals surface area contributed by atoms with Crippen molar-refractivity contribution < 1.29 is 14.3 Å². The predicted molar refractivity (Wildman–Crippen MR) is 69.4 cm³/mol. The van der Waals surface area contributed by atoms with Gasteiger partial charge >= 0.3 is 5.97 Å². The minimum Gasteiger partial charge on any atom is -0.618 e. The summed E-state index contributed by atoms with van der Waals surface area (Å²) in [5, 5.41) is 11.9. The van der Waals surface area contributed by atoms with Crippen LogP contribution in [-0.2, 0) is 11.2 Å². The summed E-state index contributed by atoms with van der Waals surface area (Å²) < 4.78 is 5.86. The summed E-state index contributed by atoms with van der Waals surface area (Å²) >= 11 is 0. The molecule has 0 atom stereocenters. The van der Waals surface area contributed by atoms with Gasteiger partial charge in [-0.15, -0.1) is 0 Å². The molecule has 1 heterocycles. The van der Waals surface area contributed by atoms with Crippen LogP contribution in [0.4, 0.5) is 0 Å². The first kappa shape index (κ1) is 14.5. The van der Waals surface area contributed by atoms with E-state index in [0.717, 1.165) is 28.7 Å². The number of carbonyl (C=O) groups is 1. The maximum atomic E-state index is 12.0. The summed E-state index contributed by atoms with van der Waals surface area (Å²) in [4.78, 5) is 12.0. The zero-order valence-corrected chi connectivity index (χ0v) is 11.6. The number of ether oxygens (including phenoxy) is 1. The summed E-state index contributed by atoms with van der Waals surface area (Å²) in [6, 6.07) is 0. The third kappa shape index (κ3) is 3.00. The minimum absolute atomic E-state index is 0.318. The highest BCUT2D eigenvalue weighted by molar-refractivity contribution is 5.92. The molecule has 1 aromatic rings. The number of aromatic nitrogens is 1. The molecule has 0 aromatic carbocycles. The van der Waals surface area contributed by atoms with Crippen LogP contribution in [0.5, 0.6) is 0 Å². The first-order valence-electron chi connectivity index (χ1n) is 6.42. The zero-order valence-electron chi connectivity index (χ0n) is 11.6. The number of pyridine rings is 1. The zero-order chi connectivity index (χ0) is 13.7. The number of unbranched alkanes of at least 4 members (excludes halogenated alkanes) is 1. The Labute approximate surface area is 108 Å². The van der Waals surface area contributed by atoms with Gasteiger partial charge in [0.15, 0.2) is 6.20 Å². The first-order valence-corrected chi connectivity index (χ1v) is 6.42. The van der Waals surface area contributed by atoms with E-state index in [4.69, 9.17) is 4.74 Å². The number of esters is 1. The van der Waals surface area contributed by atoms with Crippen molar-refractivity contribution in [1.29, 1.82) is 0 Å². The normalized spacial score (nSPS) is 10.4. The Morgan fingerprint density at radius 1 is 1.39 bits per heavy atom. The number of carbonyl (C=O) groups excluding carboxylic acids is 1. The van der Waals surface area contributed by atoms with Crippen molar-refractivity contribution in [3.05, 3.63) is 33.8 Å². The fraction of sp³-hybridized carbons (Fsp3) is 0.571. The number of rotatable bonds is 5. The molecule has 1 rings (SSSR count). The van der Waals surface area contributed by atoms with Crippen molar-refractivity contribution in [3.8, 4) is 0 Å². The topological polar surface area (TPSA) is 53.2 Å². The molecule has 0 bridgehead atoms. The lowest BCUT2D eigenvalue weighted by atomic mass is 10.0. The molecule has 0 fully saturated rings. The quantitative estimate of drug-likeness (QED) is 0.459. The molecule has 0 saturated heterocycles. The average Bonchev–Trinajstić information content (AvgIpc) is 2.32. The summed E-state index contributed by atoms with van der Waals surface area (Å²) in [5.74, 6) is -0.394. The second kappa shape index (κ2) is 6.38. The van der Waals surface area contributed by atoms with E-state index in [9.17, 15) is 10.0 Å². The fourth-order valence-corrected chi connectivity index (χ4v) is 1.93. The Kier molecular flexibility index (Phi) is 5.13. The molecular formula is C14H21NO3. The second-order valence-electron chi connectivity index (χ2n) is 4.41. The van der Waals surface area contributed by atoms with Gasteiger partial charge in [0.1, 0.15) is 5.56 Å². The molecule has 0 aliphatic heterocycles. The van der Waals surface area contributed by atoms with Crippen LogP contribution in [0.3, 0.4) is 0 Å². The summed E-state index contributed by atoms with van der Waals surface area (Å²) in [6.45, 7) is 7.83. The van der Waals surface area contributed by atoms with Gasteiger partial charge in [0.05, 0.1) is 6.61 Å². The predicted octanol–water partition coefficient (Wildman–Crippen LogP) is 2.46. The van der Waals surface area contributed by atoms with Gasteiger partial charge in [0.25, 0.3) is 0 Å². The molecule has 100 valence electrons. The fourth-order valence-electron chi connectivity index (χ4n) is 1.93. The van der Waals surface area contributed by atoms with Crippen LogP contribution < -0.4 is 4.73 Å². The van der Waals surface area contributed by atoms with Gasteiger partial charge in [0, 0.05) is 12.0 Å². The molecule has 0 spiro atoms. The van der Waals surface area contributed by atoms with Gasteiger partial charge in [-0.05, 0) is 32.8 Å². The molecule has 0 aliphatic rings. The van der Waals surface area contributed by atoms with E-state index in [0.29, 0.717) is 24.3 Å². The first-order chi connectivity index (χ1) is 8.52. The standard InChI is InChI=1S/C14H21NO3/c1-5-7-8-12-13(14(16)18-6-2)11(4)10(3)9-15(12)17/h9H,5-8H2,1-4H3. The van der Waals surface area contributed by atoms with Crippen LogP contribution in [-0.4, -0.2) is 12.6 Å². The van der Waals surface area contributed by atoms with Crippen molar-refractivity contribution in [3.63, 3.8) is 0 Å². The van der Waals surface area contributed by atoms with E-state index in [2.05, 4.69) is 6.92 Å². The van der Waals surface area contributed by atoms with Gasteiger partial charge in [0.2, 0.25) is 5.69 Å². The van der Waals surface area contributed by atoms with E-state index >= 15 is 0 Å². The third-order valence-corrected chi connectivity index (χ3v) is 3.08. The van der Waals surface area contributed by atoms with Gasteiger partial charge in [-0.25, -0.2) is 4.79 Å². The van der Waals surface area contributed by atoms with Crippen LogP contribution in [0.25, 0.3) is 0 Å². The Balaban J connectivity index is 3.28. The SMILES string of the molecule is CCCCc1c(C(=O)OCC)c(C)c(C)c[n+]1[O-]. The maximum Gasteiger partial charge on any atom is 0.344 e. The average molecular weight is 251 g/mol. The monoisotopic (exact) mass is 251 g/mol. The van der Waals surface area contributed by atoms with Crippen LogP contribution in [0.1, 0.15) is 53.9 Å². The molecule has 18 heavy (non-hydrogen) atoms. The Bertz CT molecular complexity index is 441. The van der Waals surface area contributed by atoms with Crippen LogP contribution in [0.2, 0.25) is 0 Å². The van der Waals surface area contributed by atoms with E-state index in [-0.39, 0.29) is 0 Å². The number of hydrogen-bond donors (Lipinski definition) is 0. The lowest BCUT2D eigenvalue weighted by Crippen LogP contribution is -2.35. The lowest BCUT2D eigenvalue weighted by Gasteiger charge is -2.13. The number of hydrogen-bond acceptors (Lipinski definition) is 3. The Hall–Kier alpha value is -1.58. The highest BCUT2D eigenvalue weighted by Crippen LogP contribution is 2.17. The molecule has 0 saturated carbocycles. The van der Waals surface area contributed by atoms with E-state index < -0.39 is 5.97 Å². The lowest BCUT2D eigenvalue weighted by molar-refractivity contribution is -0.614. The molecule has 0 unspecified atom stereocenters. The van der Waals surface area contributed by atoms with Crippen molar-refractivity contribution >= 4 is 5.97 Å². The highest BCUT2D eigenvalue weighted by Gasteiger charge is 2.24. The second-order valence-corrected chi connectivity index (χ2v) is 4.41. The van der Waals surface area contributed by atoms with Crippen molar-refractivity contribution in [2.24, 2.45) is 0 Å². The molecule has 4 nitrogen and oxygen atoms in total. The number of aryl methyl sites for hydroxylation is 1. The van der Waals surface area contributed by atoms with Crippen molar-refractivity contribution in [1.82, 2.24) is 0 Å². The molecule has 0 radical (unpaired) electrons. The van der Waals surface area contributed by atoms with Gasteiger partial charge in [-0.3, -0.25) is 0 Å². The highest BCUT2D eigenvalue weighted by atomic mass is 16.5. The van der Waals surface area contributed by atoms with E-state index in [1.54, 1.807) is 6.92 Å². The van der Waals surface area contributed by atoms with E-state index in [1.165, 1.54) is 6.20 Å². The van der Waals surface area contributed by atoms with Crippen LogP contribution >= 0.6 is 0 Å². The smallest absolute Gasteiger partial charge is 0.344 e. The summed E-state index contributed by atoms with van der Waals surface area (Å²) in [5.41, 5.74) is 2.62. The third-order valence-electron chi connectivity index (χ3n) is 3.08. The summed E-state index contributed by atoms with van der Waals surface area (Å²) in [7, 11) is 0. The largest absolute Gasteiger partial charge is 0.618 e. The molecule has 0 amide bonds. The number of nitrogens with zero attached hydrogens (tertiary/aromatic N) is 1. The molecule has 1 aromatic heterocycles. The van der Waals surface area contributed by atoms with Gasteiger partial charge in [-0.2, -0.15) is 4.73 Å². The molecular weight excluding hydrogens is 230 g/mol. The Morgan fingerprint density at radius 2 is 2.06 bits per heavy atom. The van der Waals surface area contributed by atoms with Crippen molar-refractivity contribution in [2.75, 3.05) is 6.61 Å². The molecule has 0 aliphatic carbocycles. The summed E-state index contributed by atoms with van der Waals surface area (Å²) in [6.07, 6.45) is 4.00. The van der Waals surface area contributed by atoms with Gasteiger partial charge < -0.3 is 9.94 Å². The van der Waals surface area contributed by atoms with Crippen LogP contribution in [0, 0.1) is 19.1 Å². The van der Waals surface area contributed by atoms with Crippen LogP contribution in [0.15, 0.2) is 6.20 Å². The van der Waals surface area contributed by atoms with Gasteiger partial charge in [-0.1, -0.05) is 13.3 Å².